The topological polar surface area (TPSA) is 44.0 Å². The van der Waals surface area contributed by atoms with E-state index in [9.17, 15) is 0 Å². The Morgan fingerprint density at radius 2 is 1.60 bits per heavy atom. The van der Waals surface area contributed by atoms with Gasteiger partial charge in [-0.3, -0.25) is 9.80 Å². The maximum absolute atomic E-state index is 9.11. The fraction of sp³-hybridized carbons (Fsp3) is 0.350. The highest BCUT2D eigenvalue weighted by Crippen LogP contribution is 2.25. The smallest absolute Gasteiger partial charge is 0.137 e. The molecule has 0 bridgehead atoms. The molecular formula is C20H24N4O. The van der Waals surface area contributed by atoms with Crippen LogP contribution in [0.25, 0.3) is 16.9 Å². The molecule has 1 N–H and O–H groups in total. The second kappa shape index (κ2) is 7.35. The van der Waals surface area contributed by atoms with Gasteiger partial charge in [0.15, 0.2) is 0 Å². The molecule has 0 unspecified atom stereocenters. The van der Waals surface area contributed by atoms with Gasteiger partial charge in [0.25, 0.3) is 0 Å². The summed E-state index contributed by atoms with van der Waals surface area (Å²) in [5, 5.41) is 9.11. The third-order valence-corrected chi connectivity index (χ3v) is 4.93. The Bertz CT molecular complexity index is 822. The lowest BCUT2D eigenvalue weighted by atomic mass is 10.1. The van der Waals surface area contributed by atoms with Crippen LogP contribution in [0.4, 0.5) is 0 Å². The number of nitrogens with zero attached hydrogens (tertiary/aromatic N) is 4. The molecule has 0 saturated carbocycles. The van der Waals surface area contributed by atoms with E-state index in [1.165, 1.54) is 11.3 Å². The highest BCUT2D eigenvalue weighted by Gasteiger charge is 2.20. The molecule has 2 aromatic heterocycles. The summed E-state index contributed by atoms with van der Waals surface area (Å²) < 4.78 is 2.21. The van der Waals surface area contributed by atoms with E-state index in [0.717, 1.165) is 50.6 Å². The summed E-state index contributed by atoms with van der Waals surface area (Å²) >= 11 is 0. The standard InChI is InChI=1S/C20H24N4O/c25-15-14-22-10-12-23(13-11-22)16-18-20(17-6-2-1-3-7-17)21-19-8-4-5-9-24(18)19/h1-9,25H,10-16H2. The van der Waals surface area contributed by atoms with Crippen molar-refractivity contribution < 1.29 is 5.11 Å². The van der Waals surface area contributed by atoms with E-state index in [1.54, 1.807) is 0 Å². The molecule has 1 fully saturated rings. The average molecular weight is 336 g/mol. The number of pyridine rings is 1. The fourth-order valence-electron chi connectivity index (χ4n) is 3.55. The van der Waals surface area contributed by atoms with Gasteiger partial charge in [0.05, 0.1) is 18.0 Å². The Labute approximate surface area is 148 Å². The number of benzene rings is 1. The quantitative estimate of drug-likeness (QED) is 0.775. The van der Waals surface area contributed by atoms with Crippen LogP contribution in [0, 0.1) is 0 Å². The van der Waals surface area contributed by atoms with Gasteiger partial charge in [-0.25, -0.2) is 4.98 Å². The highest BCUT2D eigenvalue weighted by atomic mass is 16.3. The maximum Gasteiger partial charge on any atom is 0.137 e. The summed E-state index contributed by atoms with van der Waals surface area (Å²) in [6.07, 6.45) is 2.10. The summed E-state index contributed by atoms with van der Waals surface area (Å²) in [6, 6.07) is 16.6. The third kappa shape index (κ3) is 3.44. The lowest BCUT2D eigenvalue weighted by Gasteiger charge is -2.34. The van der Waals surface area contributed by atoms with Crippen LogP contribution in [0.15, 0.2) is 54.7 Å². The van der Waals surface area contributed by atoms with Crippen LogP contribution in [0.3, 0.4) is 0 Å². The molecule has 25 heavy (non-hydrogen) atoms. The second-order valence-corrected chi connectivity index (χ2v) is 6.54. The molecule has 0 aliphatic carbocycles. The van der Waals surface area contributed by atoms with Gasteiger partial charge in [0, 0.05) is 51.0 Å². The van der Waals surface area contributed by atoms with Gasteiger partial charge in [0.2, 0.25) is 0 Å². The molecule has 5 nitrogen and oxygen atoms in total. The van der Waals surface area contributed by atoms with Crippen molar-refractivity contribution in [3.05, 3.63) is 60.4 Å². The molecule has 1 aliphatic heterocycles. The molecule has 4 rings (SSSR count). The van der Waals surface area contributed by atoms with Crippen molar-refractivity contribution in [1.29, 1.82) is 0 Å². The van der Waals surface area contributed by atoms with E-state index in [2.05, 4.69) is 56.8 Å². The van der Waals surface area contributed by atoms with Crippen molar-refractivity contribution in [2.75, 3.05) is 39.3 Å². The SMILES string of the molecule is OCCN1CCN(Cc2c(-c3ccccc3)nc3ccccn23)CC1. The molecular weight excluding hydrogens is 312 g/mol. The minimum atomic E-state index is 0.241. The first kappa shape index (κ1) is 16.3. The average Bonchev–Trinajstić information content (AvgIpc) is 3.03. The van der Waals surface area contributed by atoms with E-state index in [1.807, 2.05) is 12.1 Å². The van der Waals surface area contributed by atoms with Gasteiger partial charge in [-0.15, -0.1) is 0 Å². The number of fused-ring (bicyclic) bond motifs is 1. The third-order valence-electron chi connectivity index (χ3n) is 4.93. The van der Waals surface area contributed by atoms with Crippen LogP contribution in [0.2, 0.25) is 0 Å². The molecule has 5 heteroatoms. The van der Waals surface area contributed by atoms with Crippen LogP contribution in [0.1, 0.15) is 5.69 Å². The summed E-state index contributed by atoms with van der Waals surface area (Å²) in [7, 11) is 0. The van der Waals surface area contributed by atoms with Crippen molar-refractivity contribution >= 4 is 5.65 Å². The van der Waals surface area contributed by atoms with Crippen molar-refractivity contribution in [3.8, 4) is 11.3 Å². The number of piperazine rings is 1. The van der Waals surface area contributed by atoms with Gasteiger partial charge < -0.3 is 9.51 Å². The molecule has 1 aliphatic rings. The minimum absolute atomic E-state index is 0.241. The van der Waals surface area contributed by atoms with Crippen LogP contribution in [-0.2, 0) is 6.54 Å². The largest absolute Gasteiger partial charge is 0.395 e. The first-order valence-electron chi connectivity index (χ1n) is 8.92. The number of β-amino-alcohol motifs (C(OH)–C–C–N with tert-alkyl or cyclic N) is 1. The molecule has 3 aromatic rings. The van der Waals surface area contributed by atoms with E-state index in [-0.39, 0.29) is 6.61 Å². The fourth-order valence-corrected chi connectivity index (χ4v) is 3.55. The lowest BCUT2D eigenvalue weighted by molar-refractivity contribution is 0.107. The molecule has 1 saturated heterocycles. The van der Waals surface area contributed by atoms with Gasteiger partial charge in [-0.1, -0.05) is 36.4 Å². The Hall–Kier alpha value is -2.21. The van der Waals surface area contributed by atoms with Crippen molar-refractivity contribution in [2.24, 2.45) is 0 Å². The number of hydrogen-bond donors (Lipinski definition) is 1. The number of rotatable bonds is 5. The Morgan fingerprint density at radius 1 is 0.880 bits per heavy atom. The van der Waals surface area contributed by atoms with E-state index < -0.39 is 0 Å². The summed E-state index contributed by atoms with van der Waals surface area (Å²) in [5.41, 5.74) is 4.48. The number of imidazole rings is 1. The first-order valence-corrected chi connectivity index (χ1v) is 8.92. The van der Waals surface area contributed by atoms with Gasteiger partial charge in [0.1, 0.15) is 5.65 Å². The van der Waals surface area contributed by atoms with E-state index in [0.29, 0.717) is 0 Å². The van der Waals surface area contributed by atoms with Crippen LogP contribution in [-0.4, -0.2) is 63.6 Å². The van der Waals surface area contributed by atoms with E-state index >= 15 is 0 Å². The molecule has 130 valence electrons. The molecule has 0 amide bonds. The normalized spacial score (nSPS) is 16.5. The monoisotopic (exact) mass is 336 g/mol. The maximum atomic E-state index is 9.11. The van der Waals surface area contributed by atoms with Gasteiger partial charge in [-0.05, 0) is 12.1 Å². The summed E-state index contributed by atoms with van der Waals surface area (Å²) in [6.45, 7) is 5.98. The molecule has 3 heterocycles. The number of aliphatic hydroxyl groups excluding tert-OH is 1. The molecule has 1 aromatic carbocycles. The predicted octanol–water partition coefficient (Wildman–Crippen LogP) is 2.11. The van der Waals surface area contributed by atoms with Crippen LogP contribution in [0.5, 0.6) is 0 Å². The van der Waals surface area contributed by atoms with Gasteiger partial charge >= 0.3 is 0 Å². The van der Waals surface area contributed by atoms with Gasteiger partial charge in [-0.2, -0.15) is 0 Å². The van der Waals surface area contributed by atoms with Crippen molar-refractivity contribution in [1.82, 2.24) is 19.2 Å². The highest BCUT2D eigenvalue weighted by molar-refractivity contribution is 5.66. The minimum Gasteiger partial charge on any atom is -0.395 e. The van der Waals surface area contributed by atoms with Crippen LogP contribution < -0.4 is 0 Å². The summed E-state index contributed by atoms with van der Waals surface area (Å²) in [5.74, 6) is 0. The molecule has 0 radical (unpaired) electrons. The zero-order valence-electron chi connectivity index (χ0n) is 14.4. The van der Waals surface area contributed by atoms with Crippen molar-refractivity contribution in [3.63, 3.8) is 0 Å². The Kier molecular flexibility index (Phi) is 4.78. The Balaban J connectivity index is 1.62. The molecule has 0 spiro atoms. The zero-order chi connectivity index (χ0) is 17.1. The van der Waals surface area contributed by atoms with E-state index in [4.69, 9.17) is 10.1 Å². The first-order chi connectivity index (χ1) is 12.3. The molecule has 0 atom stereocenters. The predicted molar refractivity (Wildman–Crippen MR) is 99.4 cm³/mol. The second-order valence-electron chi connectivity index (χ2n) is 6.54. The number of aliphatic hydroxyl groups is 1. The zero-order valence-corrected chi connectivity index (χ0v) is 14.4. The number of aromatic nitrogens is 2. The summed E-state index contributed by atoms with van der Waals surface area (Å²) in [4.78, 5) is 9.69. The van der Waals surface area contributed by atoms with Crippen LogP contribution >= 0.6 is 0 Å². The Morgan fingerprint density at radius 3 is 2.36 bits per heavy atom. The number of hydrogen-bond acceptors (Lipinski definition) is 4. The van der Waals surface area contributed by atoms with Crippen molar-refractivity contribution in [2.45, 2.75) is 6.54 Å². The lowest BCUT2D eigenvalue weighted by Crippen LogP contribution is -2.46.